The van der Waals surface area contributed by atoms with Gasteiger partial charge in [-0.2, -0.15) is 0 Å². The molecule has 0 heterocycles. The van der Waals surface area contributed by atoms with E-state index in [1.807, 2.05) is 30.3 Å². The van der Waals surface area contributed by atoms with Crippen molar-refractivity contribution in [2.45, 2.75) is 0 Å². The maximum Gasteiger partial charge on any atom is 0.248 e. The largest absolute Gasteiger partial charge is 0.503 e. The Labute approximate surface area is 198 Å². The molecule has 0 saturated heterocycles. The van der Waals surface area contributed by atoms with Crippen molar-refractivity contribution in [3.05, 3.63) is 77.4 Å². The van der Waals surface area contributed by atoms with Gasteiger partial charge >= 0.3 is 0 Å². The number of rotatable bonds is 9. The van der Waals surface area contributed by atoms with Gasteiger partial charge in [0.25, 0.3) is 0 Å². The van der Waals surface area contributed by atoms with Gasteiger partial charge in [-0.1, -0.05) is 42.5 Å². The molecular formula is C27H27NO6. The summed E-state index contributed by atoms with van der Waals surface area (Å²) in [5.41, 5.74) is 2.46. The van der Waals surface area contributed by atoms with Gasteiger partial charge in [-0.15, -0.1) is 0 Å². The van der Waals surface area contributed by atoms with Crippen molar-refractivity contribution in [3.8, 4) is 28.7 Å². The van der Waals surface area contributed by atoms with Crippen LogP contribution in [0.1, 0.15) is 16.7 Å². The quantitative estimate of drug-likeness (QED) is 0.257. The van der Waals surface area contributed by atoms with Crippen LogP contribution in [0.25, 0.3) is 18.2 Å². The smallest absolute Gasteiger partial charge is 0.248 e. The number of methoxy groups -OCH3 is 4. The lowest BCUT2D eigenvalue weighted by atomic mass is 10.1. The van der Waals surface area contributed by atoms with Crippen molar-refractivity contribution in [1.82, 2.24) is 0 Å². The first-order valence-electron chi connectivity index (χ1n) is 10.4. The maximum atomic E-state index is 12.6. The van der Waals surface area contributed by atoms with Crippen molar-refractivity contribution in [2.24, 2.45) is 0 Å². The molecule has 3 rings (SSSR count). The lowest BCUT2D eigenvalue weighted by molar-refractivity contribution is -0.111. The Bertz CT molecular complexity index is 1180. The number of phenols is 1. The summed E-state index contributed by atoms with van der Waals surface area (Å²) in [6.45, 7) is 0. The molecular weight excluding hydrogens is 434 g/mol. The number of anilines is 1. The van der Waals surface area contributed by atoms with E-state index in [0.717, 1.165) is 11.1 Å². The molecule has 0 aliphatic heterocycles. The second-order valence-corrected chi connectivity index (χ2v) is 7.11. The molecule has 2 N–H and O–H groups in total. The molecule has 0 bridgehead atoms. The number of hydrogen-bond acceptors (Lipinski definition) is 6. The molecule has 7 heteroatoms. The van der Waals surface area contributed by atoms with Crippen LogP contribution in [0.15, 0.2) is 60.7 Å². The minimum Gasteiger partial charge on any atom is -0.503 e. The lowest BCUT2D eigenvalue weighted by Crippen LogP contribution is -2.09. The molecule has 176 valence electrons. The van der Waals surface area contributed by atoms with Crippen LogP contribution in [0.4, 0.5) is 5.69 Å². The van der Waals surface area contributed by atoms with E-state index in [9.17, 15) is 9.90 Å². The van der Waals surface area contributed by atoms with Gasteiger partial charge in [0.2, 0.25) is 11.7 Å². The molecule has 0 saturated carbocycles. The van der Waals surface area contributed by atoms with E-state index in [2.05, 4.69) is 5.32 Å². The Balaban J connectivity index is 1.93. The molecule has 0 unspecified atom stereocenters. The van der Waals surface area contributed by atoms with Crippen LogP contribution < -0.4 is 24.3 Å². The summed E-state index contributed by atoms with van der Waals surface area (Å²) in [6, 6.07) is 16.4. The zero-order valence-electron chi connectivity index (χ0n) is 19.5. The fraction of sp³-hybridized carbons (Fsp3) is 0.148. The number of nitrogens with one attached hydrogen (secondary N) is 1. The van der Waals surface area contributed by atoms with Gasteiger partial charge in [0.1, 0.15) is 0 Å². The van der Waals surface area contributed by atoms with Crippen molar-refractivity contribution >= 4 is 29.8 Å². The number of benzene rings is 3. The fourth-order valence-corrected chi connectivity index (χ4v) is 3.31. The second kappa shape index (κ2) is 11.5. The maximum absolute atomic E-state index is 12.6. The molecule has 1 amide bonds. The van der Waals surface area contributed by atoms with E-state index in [4.69, 9.17) is 18.9 Å². The summed E-state index contributed by atoms with van der Waals surface area (Å²) in [6.07, 6.45) is 6.66. The fourth-order valence-electron chi connectivity index (χ4n) is 3.31. The molecule has 0 aliphatic carbocycles. The van der Waals surface area contributed by atoms with E-state index in [1.165, 1.54) is 20.3 Å². The average molecular weight is 462 g/mol. The summed E-state index contributed by atoms with van der Waals surface area (Å²) >= 11 is 0. The first kappa shape index (κ1) is 24.3. The summed E-state index contributed by atoms with van der Waals surface area (Å²) < 4.78 is 21.4. The first-order chi connectivity index (χ1) is 16.5. The molecule has 34 heavy (non-hydrogen) atoms. The van der Waals surface area contributed by atoms with Crippen LogP contribution in [0.3, 0.4) is 0 Å². The molecule has 0 aliphatic rings. The topological polar surface area (TPSA) is 86.3 Å². The van der Waals surface area contributed by atoms with E-state index in [0.29, 0.717) is 22.8 Å². The molecule has 7 nitrogen and oxygen atoms in total. The highest BCUT2D eigenvalue weighted by Gasteiger charge is 2.15. The summed E-state index contributed by atoms with van der Waals surface area (Å²) in [7, 11) is 6.07. The second-order valence-electron chi connectivity index (χ2n) is 7.11. The number of amides is 1. The van der Waals surface area contributed by atoms with Crippen LogP contribution in [-0.2, 0) is 4.79 Å². The van der Waals surface area contributed by atoms with Gasteiger partial charge in [-0.3, -0.25) is 4.79 Å². The van der Waals surface area contributed by atoms with Gasteiger partial charge in [-0.25, -0.2) is 0 Å². The monoisotopic (exact) mass is 461 g/mol. The number of aromatic hydroxyl groups is 1. The molecule has 0 atom stereocenters. The predicted octanol–water partition coefficient (Wildman–Crippen LogP) is 5.25. The highest BCUT2D eigenvalue weighted by Crippen LogP contribution is 2.40. The van der Waals surface area contributed by atoms with E-state index in [1.54, 1.807) is 56.7 Å². The third-order valence-electron chi connectivity index (χ3n) is 5.01. The molecule has 0 spiro atoms. The molecule has 0 fully saturated rings. The van der Waals surface area contributed by atoms with Crippen LogP contribution in [-0.4, -0.2) is 39.5 Å². The molecule has 0 radical (unpaired) electrons. The van der Waals surface area contributed by atoms with E-state index < -0.39 is 5.91 Å². The molecule has 3 aromatic rings. The SMILES string of the molecule is COc1ccc(/C=C/c2cc(OC)c(OC)c(OC)c2)c(NC(=O)/C=C/c2ccccc2)c1O. The zero-order chi connectivity index (χ0) is 24.5. The standard InChI is InChI=1S/C27H27NO6/c1-31-21-14-13-20(12-10-19-16-22(32-2)27(34-4)23(17-19)33-3)25(26(21)30)28-24(29)15-11-18-8-6-5-7-9-18/h5-17,30H,1-4H3,(H,28,29)/b12-10+,15-11+. The summed E-state index contributed by atoms with van der Waals surface area (Å²) in [5.74, 6) is 1.19. The minimum absolute atomic E-state index is 0.170. The van der Waals surface area contributed by atoms with Crippen LogP contribution in [0.5, 0.6) is 28.7 Å². The Kier molecular flexibility index (Phi) is 8.18. The number of carbonyl (C=O) groups excluding carboxylic acids is 1. The summed E-state index contributed by atoms with van der Waals surface area (Å²) in [5, 5.41) is 13.4. The van der Waals surface area contributed by atoms with Gasteiger partial charge in [0.05, 0.1) is 34.1 Å². The van der Waals surface area contributed by atoms with E-state index >= 15 is 0 Å². The zero-order valence-corrected chi connectivity index (χ0v) is 19.5. The van der Waals surface area contributed by atoms with Crippen molar-refractivity contribution in [2.75, 3.05) is 33.8 Å². The normalized spacial score (nSPS) is 10.9. The Morgan fingerprint density at radius 1 is 0.765 bits per heavy atom. The Morgan fingerprint density at radius 2 is 1.41 bits per heavy atom. The van der Waals surface area contributed by atoms with Crippen LogP contribution in [0.2, 0.25) is 0 Å². The van der Waals surface area contributed by atoms with Crippen molar-refractivity contribution < 1.29 is 28.8 Å². The van der Waals surface area contributed by atoms with Crippen LogP contribution >= 0.6 is 0 Å². The van der Waals surface area contributed by atoms with Gasteiger partial charge in [0.15, 0.2) is 23.0 Å². The number of phenolic OH excluding ortho intramolecular Hbond substituents is 1. The number of hydrogen-bond donors (Lipinski definition) is 2. The predicted molar refractivity (Wildman–Crippen MR) is 134 cm³/mol. The number of carbonyl (C=O) groups is 1. The summed E-state index contributed by atoms with van der Waals surface area (Å²) in [4.78, 5) is 12.6. The van der Waals surface area contributed by atoms with Gasteiger partial charge < -0.3 is 29.4 Å². The average Bonchev–Trinajstić information content (AvgIpc) is 2.87. The minimum atomic E-state index is -0.394. The van der Waals surface area contributed by atoms with Crippen molar-refractivity contribution in [3.63, 3.8) is 0 Å². The number of ether oxygens (including phenoxy) is 4. The van der Waals surface area contributed by atoms with Gasteiger partial charge in [0, 0.05) is 11.6 Å². The Hall–Kier alpha value is -4.39. The third-order valence-corrected chi connectivity index (χ3v) is 5.01. The van der Waals surface area contributed by atoms with Crippen LogP contribution in [0, 0.1) is 0 Å². The molecule has 3 aromatic carbocycles. The van der Waals surface area contributed by atoms with Crippen molar-refractivity contribution in [1.29, 1.82) is 0 Å². The third kappa shape index (κ3) is 5.69. The lowest BCUT2D eigenvalue weighted by Gasteiger charge is -2.14. The van der Waals surface area contributed by atoms with E-state index in [-0.39, 0.29) is 17.2 Å². The Morgan fingerprint density at radius 3 is 2.00 bits per heavy atom. The molecule has 0 aromatic heterocycles. The highest BCUT2D eigenvalue weighted by molar-refractivity contribution is 6.04. The first-order valence-corrected chi connectivity index (χ1v) is 10.4. The van der Waals surface area contributed by atoms with Gasteiger partial charge in [-0.05, 0) is 41.5 Å². The highest BCUT2D eigenvalue weighted by atomic mass is 16.5.